The standard InChI is InChI=1S/C14H22N2O2S/c1-11(2)15-10-16(12(3)4)19(17,18)14-8-6-13(5)7-9-14/h6-12H,1-5H3. The summed E-state index contributed by atoms with van der Waals surface area (Å²) < 4.78 is 26.4. The van der Waals surface area contributed by atoms with Gasteiger partial charge in [0, 0.05) is 12.1 Å². The summed E-state index contributed by atoms with van der Waals surface area (Å²) in [7, 11) is -3.53. The fraction of sp³-hybridized carbons (Fsp3) is 0.500. The average Bonchev–Trinajstić information content (AvgIpc) is 2.28. The predicted molar refractivity (Wildman–Crippen MR) is 79.0 cm³/mol. The summed E-state index contributed by atoms with van der Waals surface area (Å²) in [5.74, 6) is 0. The third-order valence-corrected chi connectivity index (χ3v) is 4.52. The molecule has 106 valence electrons. The molecule has 5 heteroatoms. The van der Waals surface area contributed by atoms with Gasteiger partial charge in [-0.25, -0.2) is 8.42 Å². The van der Waals surface area contributed by atoms with E-state index in [4.69, 9.17) is 0 Å². The third kappa shape index (κ3) is 4.06. The van der Waals surface area contributed by atoms with Gasteiger partial charge in [-0.2, -0.15) is 0 Å². The molecule has 4 nitrogen and oxygen atoms in total. The fourth-order valence-electron chi connectivity index (χ4n) is 1.50. The van der Waals surface area contributed by atoms with E-state index < -0.39 is 10.0 Å². The molecule has 1 rings (SSSR count). The Bertz CT molecular complexity index is 531. The molecule has 0 spiro atoms. The van der Waals surface area contributed by atoms with Gasteiger partial charge in [0.25, 0.3) is 10.0 Å². The van der Waals surface area contributed by atoms with Gasteiger partial charge in [-0.15, -0.1) is 0 Å². The number of hydrogen-bond donors (Lipinski definition) is 0. The van der Waals surface area contributed by atoms with Gasteiger partial charge in [-0.3, -0.25) is 9.30 Å². The Balaban J connectivity index is 3.17. The lowest BCUT2D eigenvalue weighted by molar-refractivity contribution is 0.476. The van der Waals surface area contributed by atoms with Crippen LogP contribution in [0.1, 0.15) is 33.3 Å². The SMILES string of the molecule is Cc1ccc(S(=O)(=O)N(C=NC(C)C)C(C)C)cc1. The van der Waals surface area contributed by atoms with E-state index in [1.807, 2.05) is 34.6 Å². The molecule has 0 saturated carbocycles. The minimum Gasteiger partial charge on any atom is -0.272 e. The van der Waals surface area contributed by atoms with Crippen molar-refractivity contribution in [3.8, 4) is 0 Å². The van der Waals surface area contributed by atoms with Gasteiger partial charge in [0.1, 0.15) is 0 Å². The Labute approximate surface area is 116 Å². The van der Waals surface area contributed by atoms with E-state index in [1.165, 1.54) is 10.6 Å². The highest BCUT2D eigenvalue weighted by atomic mass is 32.2. The van der Waals surface area contributed by atoms with E-state index in [0.29, 0.717) is 4.90 Å². The first-order chi connectivity index (χ1) is 8.75. The van der Waals surface area contributed by atoms with Crippen molar-refractivity contribution in [2.45, 2.75) is 51.6 Å². The Morgan fingerprint density at radius 2 is 1.63 bits per heavy atom. The highest BCUT2D eigenvalue weighted by molar-refractivity contribution is 7.89. The van der Waals surface area contributed by atoms with Crippen molar-refractivity contribution in [2.75, 3.05) is 0 Å². The van der Waals surface area contributed by atoms with Crippen LogP contribution in [0.3, 0.4) is 0 Å². The zero-order valence-corrected chi connectivity index (χ0v) is 13.0. The Hall–Kier alpha value is -1.36. The summed E-state index contributed by atoms with van der Waals surface area (Å²) >= 11 is 0. The summed E-state index contributed by atoms with van der Waals surface area (Å²) in [5.41, 5.74) is 1.03. The Kier molecular flexibility index (Phi) is 5.11. The molecule has 0 aromatic heterocycles. The zero-order chi connectivity index (χ0) is 14.6. The van der Waals surface area contributed by atoms with Gasteiger partial charge in [-0.05, 0) is 46.8 Å². The lowest BCUT2D eigenvalue weighted by atomic mass is 10.2. The van der Waals surface area contributed by atoms with Crippen molar-refractivity contribution in [1.29, 1.82) is 0 Å². The quantitative estimate of drug-likeness (QED) is 0.616. The second-order valence-corrected chi connectivity index (χ2v) is 6.94. The van der Waals surface area contributed by atoms with Crippen molar-refractivity contribution < 1.29 is 8.42 Å². The minimum atomic E-state index is -3.53. The molecule has 0 amide bonds. The first-order valence-electron chi connectivity index (χ1n) is 6.38. The maximum atomic E-state index is 12.5. The summed E-state index contributed by atoms with van der Waals surface area (Å²) in [4.78, 5) is 4.47. The first-order valence-corrected chi connectivity index (χ1v) is 7.82. The lowest BCUT2D eigenvalue weighted by Crippen LogP contribution is -2.36. The van der Waals surface area contributed by atoms with Crippen LogP contribution in [0.4, 0.5) is 0 Å². The largest absolute Gasteiger partial charge is 0.272 e. The van der Waals surface area contributed by atoms with Gasteiger partial charge >= 0.3 is 0 Å². The minimum absolute atomic E-state index is 0.0643. The van der Waals surface area contributed by atoms with Gasteiger partial charge in [-0.1, -0.05) is 17.7 Å². The molecule has 0 N–H and O–H groups in total. The lowest BCUT2D eigenvalue weighted by Gasteiger charge is -2.24. The molecule has 1 aromatic rings. The molecule has 0 saturated heterocycles. The molecule has 0 bridgehead atoms. The van der Waals surface area contributed by atoms with Crippen molar-refractivity contribution in [3.05, 3.63) is 29.8 Å². The Morgan fingerprint density at radius 3 is 2.05 bits per heavy atom. The molecular weight excluding hydrogens is 260 g/mol. The van der Waals surface area contributed by atoms with Gasteiger partial charge in [0.05, 0.1) is 11.2 Å². The topological polar surface area (TPSA) is 49.7 Å². The summed E-state index contributed by atoms with van der Waals surface area (Å²) in [6.07, 6.45) is 1.42. The first kappa shape index (κ1) is 15.7. The second kappa shape index (κ2) is 6.19. The van der Waals surface area contributed by atoms with Crippen LogP contribution in [-0.2, 0) is 10.0 Å². The molecule has 0 fully saturated rings. The highest BCUT2D eigenvalue weighted by Gasteiger charge is 2.24. The predicted octanol–water partition coefficient (Wildman–Crippen LogP) is 2.83. The molecule has 0 atom stereocenters. The van der Waals surface area contributed by atoms with E-state index in [0.717, 1.165) is 5.56 Å². The maximum Gasteiger partial charge on any atom is 0.265 e. The number of rotatable bonds is 5. The summed E-state index contributed by atoms with van der Waals surface area (Å²) in [6, 6.07) is 6.74. The monoisotopic (exact) mass is 282 g/mol. The van der Waals surface area contributed by atoms with E-state index in [2.05, 4.69) is 4.99 Å². The highest BCUT2D eigenvalue weighted by Crippen LogP contribution is 2.17. The number of sulfonamides is 1. The molecule has 0 aliphatic carbocycles. The van der Waals surface area contributed by atoms with Gasteiger partial charge in [0.15, 0.2) is 0 Å². The van der Waals surface area contributed by atoms with E-state index in [-0.39, 0.29) is 12.1 Å². The maximum absolute atomic E-state index is 12.5. The molecule has 1 aromatic carbocycles. The molecule has 0 aliphatic rings. The average molecular weight is 282 g/mol. The van der Waals surface area contributed by atoms with E-state index >= 15 is 0 Å². The summed E-state index contributed by atoms with van der Waals surface area (Å²) in [5, 5.41) is 0. The molecule has 19 heavy (non-hydrogen) atoms. The van der Waals surface area contributed by atoms with Crippen LogP contribution in [0, 0.1) is 6.92 Å². The van der Waals surface area contributed by atoms with Crippen molar-refractivity contribution >= 4 is 16.4 Å². The molecule has 0 unspecified atom stereocenters. The number of nitrogens with zero attached hydrogens (tertiary/aromatic N) is 2. The smallest absolute Gasteiger partial charge is 0.265 e. The Morgan fingerprint density at radius 1 is 1.11 bits per heavy atom. The van der Waals surface area contributed by atoms with Crippen LogP contribution in [0.2, 0.25) is 0 Å². The van der Waals surface area contributed by atoms with Crippen LogP contribution in [0.5, 0.6) is 0 Å². The van der Waals surface area contributed by atoms with Crippen LogP contribution >= 0.6 is 0 Å². The van der Waals surface area contributed by atoms with E-state index in [9.17, 15) is 8.42 Å². The number of hydrogen-bond acceptors (Lipinski definition) is 3. The normalized spacial score (nSPS) is 12.6. The van der Waals surface area contributed by atoms with Gasteiger partial charge in [0.2, 0.25) is 0 Å². The fourth-order valence-corrected chi connectivity index (χ4v) is 2.96. The molecule has 0 aliphatic heterocycles. The van der Waals surface area contributed by atoms with Crippen LogP contribution in [-0.4, -0.2) is 31.1 Å². The molecular formula is C14H22N2O2S. The molecule has 0 heterocycles. The van der Waals surface area contributed by atoms with Gasteiger partial charge < -0.3 is 0 Å². The molecule has 0 radical (unpaired) electrons. The van der Waals surface area contributed by atoms with Crippen LogP contribution in [0.15, 0.2) is 34.2 Å². The number of aryl methyl sites for hydroxylation is 1. The third-order valence-electron chi connectivity index (χ3n) is 2.58. The van der Waals surface area contributed by atoms with Crippen molar-refractivity contribution in [1.82, 2.24) is 4.31 Å². The van der Waals surface area contributed by atoms with E-state index in [1.54, 1.807) is 24.3 Å². The number of benzene rings is 1. The van der Waals surface area contributed by atoms with Crippen molar-refractivity contribution in [3.63, 3.8) is 0 Å². The van der Waals surface area contributed by atoms with Crippen molar-refractivity contribution in [2.24, 2.45) is 4.99 Å². The number of aliphatic imine (C=N–C) groups is 1. The van der Waals surface area contributed by atoms with Crippen LogP contribution < -0.4 is 0 Å². The summed E-state index contributed by atoms with van der Waals surface area (Å²) in [6.45, 7) is 9.41. The van der Waals surface area contributed by atoms with Crippen LogP contribution in [0.25, 0.3) is 0 Å². The second-order valence-electron chi connectivity index (χ2n) is 5.10. The zero-order valence-electron chi connectivity index (χ0n) is 12.2.